The summed E-state index contributed by atoms with van der Waals surface area (Å²) in [5, 5.41) is 9.55. The number of amides is 1. The van der Waals surface area contributed by atoms with Gasteiger partial charge in [0, 0.05) is 38.5 Å². The topological polar surface area (TPSA) is 106 Å². The third-order valence-electron chi connectivity index (χ3n) is 7.40. The number of rotatable bonds is 11. The van der Waals surface area contributed by atoms with Crippen LogP contribution < -0.4 is 4.74 Å². The van der Waals surface area contributed by atoms with Crippen LogP contribution in [0.25, 0.3) is 0 Å². The fourth-order valence-corrected chi connectivity index (χ4v) is 6.52. The van der Waals surface area contributed by atoms with Gasteiger partial charge in [-0.3, -0.25) is 4.79 Å². The van der Waals surface area contributed by atoms with Crippen molar-refractivity contribution in [3.63, 3.8) is 0 Å². The van der Waals surface area contributed by atoms with Crippen LogP contribution in [-0.2, 0) is 24.3 Å². The van der Waals surface area contributed by atoms with Crippen LogP contribution in [0.1, 0.15) is 50.0 Å². The van der Waals surface area contributed by atoms with E-state index in [2.05, 4.69) is 0 Å². The molecule has 2 aromatic rings. The molecule has 4 rings (SSSR count). The van der Waals surface area contributed by atoms with Gasteiger partial charge in [0.15, 0.2) is 5.76 Å². The molecule has 41 heavy (non-hydrogen) atoms. The maximum atomic E-state index is 13.6. The summed E-state index contributed by atoms with van der Waals surface area (Å²) in [5.41, 5.74) is 0.824. The number of allylic oxidation sites excluding steroid dienone is 1. The Bertz CT molecular complexity index is 1260. The number of carbonyl (C=O) groups excluding carboxylic acids is 1. The van der Waals surface area contributed by atoms with Crippen molar-refractivity contribution in [2.24, 2.45) is 0 Å². The number of ether oxygens (including phenoxy) is 3. The van der Waals surface area contributed by atoms with Gasteiger partial charge in [-0.1, -0.05) is 31.4 Å². The molecule has 1 N–H and O–H groups in total. The zero-order valence-corrected chi connectivity index (χ0v) is 24.2. The normalized spacial score (nSPS) is 20.1. The first kappa shape index (κ1) is 31.0. The van der Waals surface area contributed by atoms with E-state index in [1.54, 1.807) is 30.3 Å². The molecule has 9 nitrogen and oxygen atoms in total. The number of hydrogen-bond acceptors (Lipinski definition) is 7. The van der Waals surface area contributed by atoms with E-state index in [1.165, 1.54) is 37.8 Å². The van der Waals surface area contributed by atoms with E-state index in [1.807, 2.05) is 4.90 Å². The number of likely N-dealkylation sites (tertiary alicyclic amines) is 1. The molecule has 2 aliphatic heterocycles. The molecular formula is C30H39FN2O7S. The Morgan fingerprint density at radius 3 is 2.32 bits per heavy atom. The van der Waals surface area contributed by atoms with Gasteiger partial charge < -0.3 is 24.2 Å². The van der Waals surface area contributed by atoms with Crippen molar-refractivity contribution in [2.75, 3.05) is 46.5 Å². The first-order valence-corrected chi connectivity index (χ1v) is 15.6. The van der Waals surface area contributed by atoms with E-state index in [4.69, 9.17) is 14.2 Å². The lowest BCUT2D eigenvalue weighted by Crippen LogP contribution is -2.39. The number of methoxy groups -OCH3 is 1. The van der Waals surface area contributed by atoms with Crippen LogP contribution in [0.4, 0.5) is 4.39 Å². The molecule has 0 spiro atoms. The van der Waals surface area contributed by atoms with Gasteiger partial charge in [0.2, 0.25) is 16.3 Å². The lowest BCUT2D eigenvalue weighted by molar-refractivity contribution is -0.153. The van der Waals surface area contributed by atoms with E-state index in [-0.39, 0.29) is 54.6 Å². The highest BCUT2D eigenvalue weighted by Crippen LogP contribution is 2.32. The highest BCUT2D eigenvalue weighted by molar-refractivity contribution is 7.89. The van der Waals surface area contributed by atoms with Crippen LogP contribution in [0, 0.1) is 5.82 Å². The second-order valence-corrected chi connectivity index (χ2v) is 12.1. The molecule has 11 heteroatoms. The number of carbonyl (C=O) groups is 1. The van der Waals surface area contributed by atoms with Crippen molar-refractivity contribution in [3.05, 3.63) is 71.7 Å². The molecule has 1 fully saturated rings. The van der Waals surface area contributed by atoms with Crippen molar-refractivity contribution in [3.8, 4) is 5.75 Å². The number of halogens is 1. The minimum Gasteiger partial charge on any atom is -0.497 e. The molecule has 224 valence electrons. The standard InChI is InChI=1S/C30H39FN2O7S/c1-38-26-11-13-27(14-12-26)41(36,37)33(17-19-34)18-20-39-29-22-24(23-7-9-25(31)10-8-23)21-28(40-29)30(35)32-15-5-3-2-4-6-16-32/h7-14,21,24,29,34H,2-6,15-20,22H2,1H3/t24-,29+/m0/s1. The van der Waals surface area contributed by atoms with E-state index in [9.17, 15) is 22.7 Å². The zero-order valence-electron chi connectivity index (χ0n) is 23.4. The van der Waals surface area contributed by atoms with Gasteiger partial charge in [-0.15, -0.1) is 0 Å². The van der Waals surface area contributed by atoms with E-state index in [0.717, 1.165) is 35.6 Å². The van der Waals surface area contributed by atoms with E-state index >= 15 is 0 Å². The number of benzene rings is 2. The van der Waals surface area contributed by atoms with Gasteiger partial charge in [-0.25, -0.2) is 12.8 Å². The van der Waals surface area contributed by atoms with E-state index < -0.39 is 16.3 Å². The predicted molar refractivity (Wildman–Crippen MR) is 151 cm³/mol. The Balaban J connectivity index is 1.47. The molecule has 1 amide bonds. The molecular weight excluding hydrogens is 551 g/mol. The van der Waals surface area contributed by atoms with Crippen LogP contribution in [0.3, 0.4) is 0 Å². The zero-order chi connectivity index (χ0) is 29.2. The Hall–Kier alpha value is -2.99. The Morgan fingerprint density at radius 2 is 1.68 bits per heavy atom. The molecule has 0 aromatic heterocycles. The highest BCUT2D eigenvalue weighted by atomic mass is 32.2. The minimum absolute atomic E-state index is 0.0264. The Kier molecular flexibility index (Phi) is 11.1. The minimum atomic E-state index is -3.90. The maximum absolute atomic E-state index is 13.6. The summed E-state index contributed by atoms with van der Waals surface area (Å²) in [6.45, 7) is 0.785. The summed E-state index contributed by atoms with van der Waals surface area (Å²) in [4.78, 5) is 15.4. The third-order valence-corrected chi connectivity index (χ3v) is 9.31. The third kappa shape index (κ3) is 8.28. The molecule has 0 bridgehead atoms. The first-order valence-electron chi connectivity index (χ1n) is 14.1. The maximum Gasteiger partial charge on any atom is 0.288 e. The van der Waals surface area contributed by atoms with Crippen molar-refractivity contribution in [2.45, 2.75) is 55.6 Å². The summed E-state index contributed by atoms with van der Waals surface area (Å²) in [7, 11) is -2.41. The van der Waals surface area contributed by atoms with Gasteiger partial charge in [0.25, 0.3) is 5.91 Å². The molecule has 1 saturated heterocycles. The first-order chi connectivity index (χ1) is 19.8. The molecule has 0 unspecified atom stereocenters. The van der Waals surface area contributed by atoms with Gasteiger partial charge in [0.1, 0.15) is 11.6 Å². The molecule has 2 aromatic carbocycles. The summed E-state index contributed by atoms with van der Waals surface area (Å²) in [5.74, 6) is -0.0815. The lowest BCUT2D eigenvalue weighted by atomic mass is 9.92. The number of aliphatic hydroxyl groups is 1. The predicted octanol–water partition coefficient (Wildman–Crippen LogP) is 4.04. The monoisotopic (exact) mass is 590 g/mol. The van der Waals surface area contributed by atoms with Crippen LogP contribution >= 0.6 is 0 Å². The molecule has 0 saturated carbocycles. The fourth-order valence-electron chi connectivity index (χ4n) is 5.11. The number of nitrogens with zero attached hydrogens (tertiary/aromatic N) is 2. The second kappa shape index (κ2) is 14.8. The molecule has 2 atom stereocenters. The number of sulfonamides is 1. The van der Waals surface area contributed by atoms with Gasteiger partial charge >= 0.3 is 0 Å². The average molecular weight is 591 g/mol. The smallest absolute Gasteiger partial charge is 0.288 e. The molecule has 2 aliphatic rings. The second-order valence-electron chi connectivity index (χ2n) is 10.2. The number of aliphatic hydroxyl groups excluding tert-OH is 1. The fraction of sp³-hybridized carbons (Fsp3) is 0.500. The number of hydrogen-bond donors (Lipinski definition) is 1. The van der Waals surface area contributed by atoms with Crippen LogP contribution in [-0.4, -0.2) is 81.4 Å². The lowest BCUT2D eigenvalue weighted by Gasteiger charge is -2.32. The van der Waals surface area contributed by atoms with Crippen LogP contribution in [0.2, 0.25) is 0 Å². The summed E-state index contributed by atoms with van der Waals surface area (Å²) in [6, 6.07) is 12.1. The Morgan fingerprint density at radius 1 is 1.02 bits per heavy atom. The van der Waals surface area contributed by atoms with Crippen molar-refractivity contribution in [1.29, 1.82) is 0 Å². The largest absolute Gasteiger partial charge is 0.497 e. The van der Waals surface area contributed by atoms with Gasteiger partial charge in [0.05, 0.1) is 25.2 Å². The molecule has 0 aliphatic carbocycles. The van der Waals surface area contributed by atoms with Crippen molar-refractivity contribution >= 4 is 15.9 Å². The van der Waals surface area contributed by atoms with Crippen molar-refractivity contribution in [1.82, 2.24) is 9.21 Å². The molecule has 2 heterocycles. The average Bonchev–Trinajstić information content (AvgIpc) is 2.96. The van der Waals surface area contributed by atoms with Gasteiger partial charge in [-0.2, -0.15) is 4.31 Å². The van der Waals surface area contributed by atoms with Crippen LogP contribution in [0.15, 0.2) is 65.3 Å². The van der Waals surface area contributed by atoms with Crippen molar-refractivity contribution < 1.29 is 36.9 Å². The summed E-state index contributed by atoms with van der Waals surface area (Å²) in [6.07, 6.45) is 6.53. The van der Waals surface area contributed by atoms with E-state index in [0.29, 0.717) is 25.3 Å². The molecule has 0 radical (unpaired) electrons. The quantitative estimate of drug-likeness (QED) is 0.421. The summed E-state index contributed by atoms with van der Waals surface area (Å²) >= 11 is 0. The van der Waals surface area contributed by atoms with Gasteiger partial charge in [-0.05, 0) is 60.9 Å². The van der Waals surface area contributed by atoms with Crippen LogP contribution in [0.5, 0.6) is 5.75 Å². The highest BCUT2D eigenvalue weighted by Gasteiger charge is 2.32. The SMILES string of the molecule is COc1ccc(S(=O)(=O)N(CCO)CCO[C@H]2C[C@@H](c3ccc(F)cc3)C=C(C(=O)N3CCCCCCC3)O2)cc1. The summed E-state index contributed by atoms with van der Waals surface area (Å²) < 4.78 is 58.4. The Labute approximate surface area is 241 Å².